The third kappa shape index (κ3) is 4.30. The normalized spacial score (nSPS) is 10.3. The fraction of sp³-hybridized carbons (Fsp3) is 0.235. The third-order valence-corrected chi connectivity index (χ3v) is 4.09. The van der Waals surface area contributed by atoms with Gasteiger partial charge in [-0.1, -0.05) is 29.3 Å². The lowest BCUT2D eigenvalue weighted by atomic mass is 10.1. The van der Waals surface area contributed by atoms with Crippen LogP contribution < -0.4 is 9.47 Å². The summed E-state index contributed by atoms with van der Waals surface area (Å²) in [6, 6.07) is 10.4. The molecule has 0 radical (unpaired) electrons. The van der Waals surface area contributed by atoms with Crippen molar-refractivity contribution in [2.45, 2.75) is 6.54 Å². The van der Waals surface area contributed by atoms with Crippen LogP contribution in [0.2, 0.25) is 10.0 Å². The molecule has 0 N–H and O–H groups in total. The fourth-order valence-electron chi connectivity index (χ4n) is 2.13. The zero-order valence-corrected chi connectivity index (χ0v) is 14.6. The summed E-state index contributed by atoms with van der Waals surface area (Å²) in [6.07, 6.45) is 0. The summed E-state index contributed by atoms with van der Waals surface area (Å²) >= 11 is 11.9. The van der Waals surface area contributed by atoms with Crippen LogP contribution in [0.3, 0.4) is 0 Å². The van der Waals surface area contributed by atoms with Gasteiger partial charge in [-0.05, 0) is 29.8 Å². The lowest BCUT2D eigenvalue weighted by Gasteiger charge is -2.18. The van der Waals surface area contributed by atoms with Gasteiger partial charge in [-0.15, -0.1) is 0 Å². The summed E-state index contributed by atoms with van der Waals surface area (Å²) in [7, 11) is 4.81. The predicted octanol–water partition coefficient (Wildman–Crippen LogP) is 4.28. The van der Waals surface area contributed by atoms with Gasteiger partial charge in [0.05, 0.1) is 24.3 Å². The topological polar surface area (TPSA) is 38.8 Å². The molecule has 0 aliphatic rings. The second kappa shape index (κ2) is 7.57. The maximum Gasteiger partial charge on any atom is 0.254 e. The molecule has 2 aromatic rings. The molecule has 0 aliphatic heterocycles. The van der Waals surface area contributed by atoms with Crippen molar-refractivity contribution in [3.8, 4) is 11.5 Å². The molecule has 0 spiro atoms. The van der Waals surface area contributed by atoms with E-state index in [2.05, 4.69) is 0 Å². The van der Waals surface area contributed by atoms with Crippen molar-refractivity contribution >= 4 is 29.1 Å². The Kier molecular flexibility index (Phi) is 5.74. The van der Waals surface area contributed by atoms with Gasteiger partial charge < -0.3 is 14.4 Å². The molecule has 0 heterocycles. The first kappa shape index (κ1) is 17.4. The smallest absolute Gasteiger partial charge is 0.254 e. The highest BCUT2D eigenvalue weighted by molar-refractivity contribution is 6.42. The number of halogens is 2. The number of carbonyl (C=O) groups excluding carboxylic acids is 1. The molecule has 0 atom stereocenters. The second-order valence-electron chi connectivity index (χ2n) is 5.01. The van der Waals surface area contributed by atoms with E-state index in [1.54, 1.807) is 56.5 Å². The van der Waals surface area contributed by atoms with E-state index >= 15 is 0 Å². The number of hydrogen-bond acceptors (Lipinski definition) is 3. The summed E-state index contributed by atoms with van der Waals surface area (Å²) in [5.41, 5.74) is 1.38. The molecule has 122 valence electrons. The van der Waals surface area contributed by atoms with Crippen LogP contribution in [0.1, 0.15) is 15.9 Å². The monoisotopic (exact) mass is 353 g/mol. The Bertz CT molecular complexity index is 697. The van der Waals surface area contributed by atoms with Gasteiger partial charge in [0.2, 0.25) is 0 Å². The molecular formula is C17H17Cl2NO3. The molecule has 2 aromatic carbocycles. The van der Waals surface area contributed by atoms with Crippen LogP contribution >= 0.6 is 23.2 Å². The van der Waals surface area contributed by atoms with Gasteiger partial charge in [-0.2, -0.15) is 0 Å². The Morgan fingerprint density at radius 1 is 1.00 bits per heavy atom. The predicted molar refractivity (Wildman–Crippen MR) is 91.8 cm³/mol. The molecule has 0 saturated carbocycles. The van der Waals surface area contributed by atoms with Gasteiger partial charge in [0.25, 0.3) is 5.91 Å². The summed E-state index contributed by atoms with van der Waals surface area (Å²) in [5.74, 6) is 0.986. The average Bonchev–Trinajstić information content (AvgIpc) is 2.56. The molecule has 4 nitrogen and oxygen atoms in total. The quantitative estimate of drug-likeness (QED) is 0.804. The summed E-state index contributed by atoms with van der Waals surface area (Å²) in [5, 5.41) is 0.954. The number of methoxy groups -OCH3 is 2. The van der Waals surface area contributed by atoms with E-state index in [1.165, 1.54) is 0 Å². The highest BCUT2D eigenvalue weighted by Crippen LogP contribution is 2.25. The van der Waals surface area contributed by atoms with Crippen LogP contribution in [0.5, 0.6) is 11.5 Å². The van der Waals surface area contributed by atoms with Crippen molar-refractivity contribution in [2.24, 2.45) is 0 Å². The van der Waals surface area contributed by atoms with Gasteiger partial charge in [-0.25, -0.2) is 0 Å². The molecule has 23 heavy (non-hydrogen) atoms. The van der Waals surface area contributed by atoms with Gasteiger partial charge in [0, 0.05) is 25.2 Å². The van der Waals surface area contributed by atoms with Gasteiger partial charge in [0.15, 0.2) is 0 Å². The molecule has 0 saturated heterocycles. The van der Waals surface area contributed by atoms with Crippen LogP contribution in [0.25, 0.3) is 0 Å². The molecule has 1 amide bonds. The van der Waals surface area contributed by atoms with Gasteiger partial charge >= 0.3 is 0 Å². The summed E-state index contributed by atoms with van der Waals surface area (Å²) < 4.78 is 10.4. The number of rotatable bonds is 5. The number of carbonyl (C=O) groups is 1. The van der Waals surface area contributed by atoms with E-state index in [9.17, 15) is 4.79 Å². The molecule has 0 aromatic heterocycles. The van der Waals surface area contributed by atoms with E-state index in [0.29, 0.717) is 33.7 Å². The first-order valence-corrected chi connectivity index (χ1v) is 7.62. The van der Waals surface area contributed by atoms with Crippen LogP contribution in [-0.4, -0.2) is 32.1 Å². The summed E-state index contributed by atoms with van der Waals surface area (Å²) in [6.45, 7) is 0.412. The Morgan fingerprint density at radius 3 is 2.13 bits per heavy atom. The largest absolute Gasteiger partial charge is 0.497 e. The fourth-order valence-corrected chi connectivity index (χ4v) is 2.46. The van der Waals surface area contributed by atoms with Crippen molar-refractivity contribution in [3.05, 3.63) is 57.6 Å². The molecule has 0 fully saturated rings. The number of ether oxygens (including phenoxy) is 2. The molecule has 6 heteroatoms. The molecule has 0 aliphatic carbocycles. The standard InChI is InChI=1S/C17H17Cl2NO3/c1-20(10-11-4-5-15(18)16(19)6-11)17(21)12-7-13(22-2)9-14(8-12)23-3/h4-9H,10H2,1-3H3. The lowest BCUT2D eigenvalue weighted by molar-refractivity contribution is 0.0784. The number of nitrogens with zero attached hydrogens (tertiary/aromatic N) is 1. The maximum absolute atomic E-state index is 12.6. The Labute approximate surface area is 145 Å². The van der Waals surface area contributed by atoms with Crippen molar-refractivity contribution in [3.63, 3.8) is 0 Å². The van der Waals surface area contributed by atoms with Crippen LogP contribution in [-0.2, 0) is 6.54 Å². The first-order valence-electron chi connectivity index (χ1n) is 6.87. The zero-order valence-electron chi connectivity index (χ0n) is 13.1. The lowest BCUT2D eigenvalue weighted by Crippen LogP contribution is -2.26. The SMILES string of the molecule is COc1cc(OC)cc(C(=O)N(C)Cc2ccc(Cl)c(Cl)c2)c1. The van der Waals surface area contributed by atoms with Crippen LogP contribution in [0.4, 0.5) is 0 Å². The molecule has 2 rings (SSSR count). The number of hydrogen-bond donors (Lipinski definition) is 0. The second-order valence-corrected chi connectivity index (χ2v) is 5.83. The van der Waals surface area contributed by atoms with E-state index < -0.39 is 0 Å². The van der Waals surface area contributed by atoms with E-state index in [-0.39, 0.29) is 5.91 Å². The van der Waals surface area contributed by atoms with E-state index in [0.717, 1.165) is 5.56 Å². The first-order chi connectivity index (χ1) is 10.9. The number of benzene rings is 2. The minimum atomic E-state index is -0.145. The Hall–Kier alpha value is -1.91. The van der Waals surface area contributed by atoms with Crippen molar-refractivity contribution in [2.75, 3.05) is 21.3 Å². The highest BCUT2D eigenvalue weighted by atomic mass is 35.5. The Morgan fingerprint density at radius 2 is 1.61 bits per heavy atom. The van der Waals surface area contributed by atoms with Crippen LogP contribution in [0, 0.1) is 0 Å². The van der Waals surface area contributed by atoms with Crippen molar-refractivity contribution < 1.29 is 14.3 Å². The van der Waals surface area contributed by atoms with Gasteiger partial charge in [0.1, 0.15) is 11.5 Å². The third-order valence-electron chi connectivity index (χ3n) is 3.35. The maximum atomic E-state index is 12.6. The molecule has 0 bridgehead atoms. The van der Waals surface area contributed by atoms with Crippen LogP contribution in [0.15, 0.2) is 36.4 Å². The molecular weight excluding hydrogens is 337 g/mol. The minimum absolute atomic E-state index is 0.145. The Balaban J connectivity index is 2.20. The zero-order chi connectivity index (χ0) is 17.0. The summed E-state index contributed by atoms with van der Waals surface area (Å²) in [4.78, 5) is 14.2. The number of amides is 1. The molecule has 0 unspecified atom stereocenters. The average molecular weight is 354 g/mol. The highest BCUT2D eigenvalue weighted by Gasteiger charge is 2.15. The van der Waals surface area contributed by atoms with E-state index in [1.807, 2.05) is 6.07 Å². The van der Waals surface area contributed by atoms with Gasteiger partial charge in [-0.3, -0.25) is 4.79 Å². The van der Waals surface area contributed by atoms with Crippen molar-refractivity contribution in [1.82, 2.24) is 4.90 Å². The minimum Gasteiger partial charge on any atom is -0.497 e. The van der Waals surface area contributed by atoms with E-state index in [4.69, 9.17) is 32.7 Å². The van der Waals surface area contributed by atoms with Crippen molar-refractivity contribution in [1.29, 1.82) is 0 Å².